The van der Waals surface area contributed by atoms with Crippen molar-refractivity contribution in [1.29, 1.82) is 0 Å². The van der Waals surface area contributed by atoms with Crippen LogP contribution in [0.4, 0.5) is 10.5 Å². The SMILES string of the molecule is O=C(O)c1cccc(COc2cccc(CN3CCN(C(=O)Nc4cccnc4)CC3)c2)c1.[H-].[Na+]. The third-order valence-corrected chi connectivity index (χ3v) is 5.46. The molecule has 2 aromatic carbocycles. The van der Waals surface area contributed by atoms with Crippen molar-refractivity contribution in [2.75, 3.05) is 31.5 Å². The van der Waals surface area contributed by atoms with Crippen molar-refractivity contribution in [2.45, 2.75) is 13.2 Å². The maximum Gasteiger partial charge on any atom is 1.00 e. The van der Waals surface area contributed by atoms with E-state index >= 15 is 0 Å². The minimum atomic E-state index is -0.950. The van der Waals surface area contributed by atoms with E-state index in [1.54, 1.807) is 36.7 Å². The molecule has 172 valence electrons. The van der Waals surface area contributed by atoms with Crippen LogP contribution in [0.15, 0.2) is 73.1 Å². The summed E-state index contributed by atoms with van der Waals surface area (Å²) in [4.78, 5) is 31.7. The number of hydrogen-bond acceptors (Lipinski definition) is 5. The molecule has 0 unspecified atom stereocenters. The standard InChI is InChI=1S/C25H26N4O4.Na.H/c30-24(31)21-6-1-5-20(14-21)18-33-23-8-2-4-19(15-23)17-28-10-12-29(13-11-28)25(32)27-22-7-3-9-26-16-22;;/h1-9,14-16H,10-13,17-18H2,(H,27,32)(H,30,31);;/q;+1;-1. The molecule has 9 heteroatoms. The topological polar surface area (TPSA) is 95.0 Å². The first-order valence-electron chi connectivity index (χ1n) is 10.8. The molecule has 0 atom stereocenters. The number of pyridine rings is 1. The number of nitrogens with zero attached hydrogens (tertiary/aromatic N) is 3. The van der Waals surface area contributed by atoms with Crippen LogP contribution in [0.3, 0.4) is 0 Å². The molecule has 1 aliphatic heterocycles. The van der Waals surface area contributed by atoms with Crippen LogP contribution in [-0.2, 0) is 13.2 Å². The summed E-state index contributed by atoms with van der Waals surface area (Å²) >= 11 is 0. The smallest absolute Gasteiger partial charge is 1.00 e. The van der Waals surface area contributed by atoms with E-state index in [1.165, 1.54) is 0 Å². The second-order valence-electron chi connectivity index (χ2n) is 7.88. The van der Waals surface area contributed by atoms with Crippen molar-refractivity contribution in [3.63, 3.8) is 0 Å². The van der Waals surface area contributed by atoms with Gasteiger partial charge in [-0.25, -0.2) is 9.59 Å². The zero-order valence-electron chi connectivity index (χ0n) is 20.2. The fourth-order valence-electron chi connectivity index (χ4n) is 3.70. The van der Waals surface area contributed by atoms with Crippen molar-refractivity contribution in [2.24, 2.45) is 0 Å². The molecule has 8 nitrogen and oxygen atoms in total. The Morgan fingerprint density at radius 1 is 1.00 bits per heavy atom. The molecule has 1 fully saturated rings. The summed E-state index contributed by atoms with van der Waals surface area (Å²) < 4.78 is 5.88. The number of nitrogens with one attached hydrogen (secondary N) is 1. The van der Waals surface area contributed by atoms with Crippen LogP contribution >= 0.6 is 0 Å². The van der Waals surface area contributed by atoms with Gasteiger partial charge in [-0.3, -0.25) is 9.88 Å². The fraction of sp³-hybridized carbons (Fsp3) is 0.240. The van der Waals surface area contributed by atoms with Crippen molar-refractivity contribution >= 4 is 17.7 Å². The van der Waals surface area contributed by atoms with Gasteiger partial charge in [0.05, 0.1) is 17.4 Å². The average Bonchev–Trinajstić information content (AvgIpc) is 2.84. The van der Waals surface area contributed by atoms with Gasteiger partial charge >= 0.3 is 41.6 Å². The van der Waals surface area contributed by atoms with Crippen LogP contribution in [0.5, 0.6) is 5.75 Å². The first kappa shape index (κ1) is 25.7. The third-order valence-electron chi connectivity index (χ3n) is 5.46. The summed E-state index contributed by atoms with van der Waals surface area (Å²) in [6, 6.07) is 18.2. The normalized spacial score (nSPS) is 13.6. The summed E-state index contributed by atoms with van der Waals surface area (Å²) in [5.41, 5.74) is 2.87. The van der Waals surface area contributed by atoms with Gasteiger partial charge in [0.2, 0.25) is 0 Å². The number of aromatic carboxylic acids is 1. The molecule has 3 aromatic rings. The number of aromatic nitrogens is 1. The first-order chi connectivity index (χ1) is 16.1. The zero-order chi connectivity index (χ0) is 23.0. The molecule has 0 bridgehead atoms. The predicted molar refractivity (Wildman–Crippen MR) is 125 cm³/mol. The zero-order valence-corrected chi connectivity index (χ0v) is 21.2. The van der Waals surface area contributed by atoms with Crippen molar-refractivity contribution in [3.05, 3.63) is 89.7 Å². The predicted octanol–water partition coefficient (Wildman–Crippen LogP) is 0.825. The summed E-state index contributed by atoms with van der Waals surface area (Å²) in [5.74, 6) is -0.212. The van der Waals surface area contributed by atoms with Crippen molar-refractivity contribution in [3.8, 4) is 5.75 Å². The van der Waals surface area contributed by atoms with Gasteiger partial charge < -0.3 is 21.5 Å². The number of hydrogen-bond donors (Lipinski definition) is 2. The van der Waals surface area contributed by atoms with Gasteiger partial charge in [0.15, 0.2) is 0 Å². The number of rotatable bonds is 7. The third kappa shape index (κ3) is 7.30. The maximum absolute atomic E-state index is 12.4. The maximum atomic E-state index is 12.4. The van der Waals surface area contributed by atoms with Gasteiger partial charge in [-0.2, -0.15) is 0 Å². The minimum absolute atomic E-state index is 0. The summed E-state index contributed by atoms with van der Waals surface area (Å²) in [5, 5.41) is 12.0. The van der Waals surface area contributed by atoms with Gasteiger partial charge in [0, 0.05) is 38.9 Å². The molecule has 0 radical (unpaired) electrons. The van der Waals surface area contributed by atoms with Gasteiger partial charge in [-0.05, 0) is 47.5 Å². The summed E-state index contributed by atoms with van der Waals surface area (Å²) in [7, 11) is 0. The molecule has 2 N–H and O–H groups in total. The van der Waals surface area contributed by atoms with Gasteiger partial charge in [0.25, 0.3) is 0 Å². The van der Waals surface area contributed by atoms with Crippen molar-refractivity contribution in [1.82, 2.24) is 14.8 Å². The van der Waals surface area contributed by atoms with E-state index in [-0.39, 0.29) is 42.6 Å². The Labute approximate surface area is 222 Å². The van der Waals surface area contributed by atoms with E-state index in [4.69, 9.17) is 9.84 Å². The number of urea groups is 1. The van der Waals surface area contributed by atoms with E-state index in [0.717, 1.165) is 36.5 Å². The number of piperazine rings is 1. The minimum Gasteiger partial charge on any atom is -1.00 e. The average molecular weight is 471 g/mol. The molecule has 0 aliphatic carbocycles. The Kier molecular flexibility index (Phi) is 9.47. The molecular weight excluding hydrogens is 443 g/mol. The molecule has 1 aliphatic rings. The van der Waals surface area contributed by atoms with E-state index < -0.39 is 5.97 Å². The molecule has 2 heterocycles. The van der Waals surface area contributed by atoms with Crippen LogP contribution in [-0.4, -0.2) is 58.1 Å². The van der Waals surface area contributed by atoms with Gasteiger partial charge in [0.1, 0.15) is 12.4 Å². The monoisotopic (exact) mass is 470 g/mol. The quantitative estimate of drug-likeness (QED) is 0.497. The second kappa shape index (κ2) is 12.5. The number of amides is 2. The van der Waals surface area contributed by atoms with E-state index in [1.807, 2.05) is 35.2 Å². The van der Waals surface area contributed by atoms with Crippen LogP contribution in [0.1, 0.15) is 22.9 Å². The van der Waals surface area contributed by atoms with Crippen LogP contribution < -0.4 is 39.6 Å². The van der Waals surface area contributed by atoms with E-state index in [9.17, 15) is 9.59 Å². The second-order valence-corrected chi connectivity index (χ2v) is 7.88. The molecular formula is C25H27N4NaO4. The van der Waals surface area contributed by atoms with E-state index in [2.05, 4.69) is 21.3 Å². The molecule has 1 saturated heterocycles. The number of carbonyl (C=O) groups is 2. The first-order valence-corrected chi connectivity index (χ1v) is 10.8. The Balaban J connectivity index is 0.00000216. The Bertz CT molecular complexity index is 1110. The Morgan fingerprint density at radius 3 is 2.50 bits per heavy atom. The van der Waals surface area contributed by atoms with Crippen LogP contribution in [0.25, 0.3) is 0 Å². The Hall–Kier alpha value is -2.91. The number of benzene rings is 2. The largest absolute Gasteiger partial charge is 1.00 e. The van der Waals surface area contributed by atoms with Crippen molar-refractivity contribution < 1.29 is 50.4 Å². The summed E-state index contributed by atoms with van der Waals surface area (Å²) in [6.07, 6.45) is 3.30. The number of anilines is 1. The molecule has 0 saturated carbocycles. The molecule has 34 heavy (non-hydrogen) atoms. The Morgan fingerprint density at radius 2 is 1.76 bits per heavy atom. The molecule has 1 aromatic heterocycles. The van der Waals surface area contributed by atoms with Gasteiger partial charge in [-0.15, -0.1) is 0 Å². The van der Waals surface area contributed by atoms with Crippen LogP contribution in [0.2, 0.25) is 0 Å². The van der Waals surface area contributed by atoms with E-state index in [0.29, 0.717) is 25.4 Å². The number of carbonyl (C=O) groups excluding carboxylic acids is 1. The summed E-state index contributed by atoms with van der Waals surface area (Å²) in [6.45, 7) is 3.95. The number of carboxylic acids is 1. The van der Waals surface area contributed by atoms with Crippen LogP contribution in [0, 0.1) is 0 Å². The molecule has 0 spiro atoms. The number of carboxylic acid groups (broad SMARTS) is 1. The molecule has 2 amide bonds. The molecule has 4 rings (SSSR count). The van der Waals surface area contributed by atoms with Gasteiger partial charge in [-0.1, -0.05) is 24.3 Å². The fourth-order valence-corrected chi connectivity index (χ4v) is 3.70. The number of ether oxygens (including phenoxy) is 1.